The van der Waals surface area contributed by atoms with E-state index >= 15 is 0 Å². The van der Waals surface area contributed by atoms with Gasteiger partial charge in [0, 0.05) is 5.39 Å². The zero-order valence-electron chi connectivity index (χ0n) is 8.77. The smallest absolute Gasteiger partial charge is 0.358 e. The number of aryl methyl sites for hydroxylation is 1. The van der Waals surface area contributed by atoms with Crippen LogP contribution in [0.3, 0.4) is 0 Å². The van der Waals surface area contributed by atoms with E-state index in [0.717, 1.165) is 12.0 Å². The van der Waals surface area contributed by atoms with Crippen molar-refractivity contribution in [1.82, 2.24) is 10.2 Å². The zero-order chi connectivity index (χ0) is 11.7. The second-order valence-electron chi connectivity index (χ2n) is 3.43. The molecule has 0 bridgehead atoms. The number of hydrogen-bond donors (Lipinski definition) is 2. The van der Waals surface area contributed by atoms with Gasteiger partial charge in [-0.15, -0.1) is 10.2 Å². The van der Waals surface area contributed by atoms with Crippen molar-refractivity contribution < 1.29 is 9.90 Å². The highest BCUT2D eigenvalue weighted by molar-refractivity contribution is 6.02. The number of aromatic nitrogens is 2. The van der Waals surface area contributed by atoms with Gasteiger partial charge in [0.2, 0.25) is 0 Å². The Kier molecular flexibility index (Phi) is 2.44. The first kappa shape index (κ1) is 10.4. The molecule has 3 N–H and O–H groups in total. The van der Waals surface area contributed by atoms with Crippen LogP contribution < -0.4 is 5.73 Å². The Morgan fingerprint density at radius 1 is 1.44 bits per heavy atom. The summed E-state index contributed by atoms with van der Waals surface area (Å²) in [5.74, 6) is -1.16. The Hall–Kier alpha value is -2.17. The first-order chi connectivity index (χ1) is 7.65. The average Bonchev–Trinajstić information content (AvgIpc) is 2.28. The summed E-state index contributed by atoms with van der Waals surface area (Å²) < 4.78 is 0. The van der Waals surface area contributed by atoms with Crippen LogP contribution in [-0.2, 0) is 6.42 Å². The van der Waals surface area contributed by atoms with E-state index in [2.05, 4.69) is 10.2 Å². The first-order valence-electron chi connectivity index (χ1n) is 4.92. The van der Waals surface area contributed by atoms with E-state index in [9.17, 15) is 4.79 Å². The maximum atomic E-state index is 10.8. The van der Waals surface area contributed by atoms with Gasteiger partial charge in [0.1, 0.15) is 0 Å². The number of benzene rings is 1. The van der Waals surface area contributed by atoms with Gasteiger partial charge in [0.15, 0.2) is 5.69 Å². The van der Waals surface area contributed by atoms with Crippen LogP contribution in [-0.4, -0.2) is 21.3 Å². The minimum Gasteiger partial charge on any atom is -0.476 e. The number of carbonyl (C=O) groups is 1. The van der Waals surface area contributed by atoms with Crippen LogP contribution in [0.25, 0.3) is 10.9 Å². The molecular formula is C11H11N3O2. The number of nitrogen functional groups attached to an aromatic ring is 1. The van der Waals surface area contributed by atoms with Crippen molar-refractivity contribution in [2.75, 3.05) is 5.73 Å². The van der Waals surface area contributed by atoms with E-state index in [-0.39, 0.29) is 11.4 Å². The first-order valence-corrected chi connectivity index (χ1v) is 4.92. The summed E-state index contributed by atoms with van der Waals surface area (Å²) in [5.41, 5.74) is 7.42. The van der Waals surface area contributed by atoms with E-state index in [1.807, 2.05) is 19.1 Å². The fourth-order valence-electron chi connectivity index (χ4n) is 1.65. The Morgan fingerprint density at radius 2 is 2.19 bits per heavy atom. The summed E-state index contributed by atoms with van der Waals surface area (Å²) >= 11 is 0. The number of hydrogen-bond acceptors (Lipinski definition) is 4. The van der Waals surface area contributed by atoms with Gasteiger partial charge in [-0.1, -0.05) is 25.1 Å². The van der Waals surface area contributed by atoms with Gasteiger partial charge in [-0.25, -0.2) is 4.79 Å². The predicted molar refractivity (Wildman–Crippen MR) is 60.3 cm³/mol. The summed E-state index contributed by atoms with van der Waals surface area (Å²) in [7, 11) is 0. The molecule has 0 spiro atoms. The van der Waals surface area contributed by atoms with Crippen LogP contribution in [0.2, 0.25) is 0 Å². The SMILES string of the molecule is CCc1cccc2c(N)c(C(=O)O)nnc12. The molecule has 0 fully saturated rings. The fraction of sp³-hybridized carbons (Fsp3) is 0.182. The molecule has 0 aliphatic carbocycles. The van der Waals surface area contributed by atoms with Crippen molar-refractivity contribution in [1.29, 1.82) is 0 Å². The Morgan fingerprint density at radius 3 is 2.81 bits per heavy atom. The third-order valence-corrected chi connectivity index (χ3v) is 2.50. The highest BCUT2D eigenvalue weighted by atomic mass is 16.4. The van der Waals surface area contributed by atoms with E-state index in [0.29, 0.717) is 10.9 Å². The van der Waals surface area contributed by atoms with Crippen LogP contribution in [0.5, 0.6) is 0 Å². The minimum atomic E-state index is -1.16. The molecule has 0 saturated heterocycles. The molecule has 0 aliphatic rings. The standard InChI is InChI=1S/C11H11N3O2/c1-2-6-4-3-5-7-8(12)10(11(15)16)14-13-9(6)7/h3-5H,2H2,1H3,(H2,12,13)(H,15,16). The van der Waals surface area contributed by atoms with Crippen molar-refractivity contribution in [3.8, 4) is 0 Å². The largest absolute Gasteiger partial charge is 0.476 e. The molecule has 82 valence electrons. The molecule has 0 unspecified atom stereocenters. The monoisotopic (exact) mass is 217 g/mol. The third-order valence-electron chi connectivity index (χ3n) is 2.50. The number of carboxylic acids is 1. The molecule has 1 aromatic heterocycles. The summed E-state index contributed by atoms with van der Waals surface area (Å²) in [6.45, 7) is 2.00. The van der Waals surface area contributed by atoms with Crippen molar-refractivity contribution in [3.05, 3.63) is 29.5 Å². The molecular weight excluding hydrogens is 206 g/mol. The number of rotatable bonds is 2. The summed E-state index contributed by atoms with van der Waals surface area (Å²) in [4.78, 5) is 10.8. The topological polar surface area (TPSA) is 89.1 Å². The highest BCUT2D eigenvalue weighted by Gasteiger charge is 2.14. The average molecular weight is 217 g/mol. The zero-order valence-corrected chi connectivity index (χ0v) is 8.77. The normalized spacial score (nSPS) is 10.6. The van der Waals surface area contributed by atoms with Crippen LogP contribution in [0.1, 0.15) is 23.0 Å². The Labute approximate surface area is 91.9 Å². The molecule has 5 nitrogen and oxygen atoms in total. The molecule has 0 radical (unpaired) electrons. The van der Waals surface area contributed by atoms with Crippen molar-refractivity contribution in [2.24, 2.45) is 0 Å². The van der Waals surface area contributed by atoms with Gasteiger partial charge < -0.3 is 10.8 Å². The fourth-order valence-corrected chi connectivity index (χ4v) is 1.65. The lowest BCUT2D eigenvalue weighted by molar-refractivity contribution is 0.0691. The number of fused-ring (bicyclic) bond motifs is 1. The van der Waals surface area contributed by atoms with Crippen molar-refractivity contribution in [2.45, 2.75) is 13.3 Å². The number of nitrogens with two attached hydrogens (primary N) is 1. The second kappa shape index (κ2) is 3.77. The van der Waals surface area contributed by atoms with Gasteiger partial charge in [0.05, 0.1) is 11.2 Å². The van der Waals surface area contributed by atoms with Crippen LogP contribution in [0.15, 0.2) is 18.2 Å². The molecule has 1 aromatic carbocycles. The molecule has 2 aromatic rings. The lowest BCUT2D eigenvalue weighted by Gasteiger charge is -2.06. The van der Waals surface area contributed by atoms with Gasteiger partial charge in [-0.3, -0.25) is 0 Å². The third kappa shape index (κ3) is 1.46. The van der Waals surface area contributed by atoms with Crippen LogP contribution in [0, 0.1) is 0 Å². The van der Waals surface area contributed by atoms with E-state index in [1.165, 1.54) is 0 Å². The van der Waals surface area contributed by atoms with E-state index < -0.39 is 5.97 Å². The number of carboxylic acid groups (broad SMARTS) is 1. The van der Waals surface area contributed by atoms with E-state index in [1.54, 1.807) is 6.07 Å². The predicted octanol–water partition coefficient (Wildman–Crippen LogP) is 1.47. The molecule has 16 heavy (non-hydrogen) atoms. The lowest BCUT2D eigenvalue weighted by Crippen LogP contribution is -2.08. The highest BCUT2D eigenvalue weighted by Crippen LogP contribution is 2.24. The molecule has 5 heteroatoms. The van der Waals surface area contributed by atoms with Gasteiger partial charge in [0.25, 0.3) is 0 Å². The van der Waals surface area contributed by atoms with Crippen LogP contribution in [0.4, 0.5) is 5.69 Å². The number of aromatic carboxylic acids is 1. The lowest BCUT2D eigenvalue weighted by atomic mass is 10.1. The molecule has 0 saturated carbocycles. The quantitative estimate of drug-likeness (QED) is 0.795. The van der Waals surface area contributed by atoms with Gasteiger partial charge in [-0.05, 0) is 12.0 Å². The van der Waals surface area contributed by atoms with Gasteiger partial charge in [-0.2, -0.15) is 0 Å². The summed E-state index contributed by atoms with van der Waals surface area (Å²) in [6, 6.07) is 5.52. The second-order valence-corrected chi connectivity index (χ2v) is 3.43. The van der Waals surface area contributed by atoms with E-state index in [4.69, 9.17) is 10.8 Å². The van der Waals surface area contributed by atoms with Crippen molar-refractivity contribution in [3.63, 3.8) is 0 Å². The number of anilines is 1. The Balaban J connectivity index is 2.81. The molecule has 2 rings (SSSR count). The van der Waals surface area contributed by atoms with Crippen LogP contribution >= 0.6 is 0 Å². The summed E-state index contributed by atoms with van der Waals surface area (Å²) in [5, 5.41) is 17.1. The maximum Gasteiger partial charge on any atom is 0.358 e. The van der Waals surface area contributed by atoms with Crippen molar-refractivity contribution >= 4 is 22.6 Å². The molecule has 0 aliphatic heterocycles. The Bertz CT molecular complexity index is 566. The number of nitrogens with zero attached hydrogens (tertiary/aromatic N) is 2. The molecule has 0 amide bonds. The summed E-state index contributed by atoms with van der Waals surface area (Å²) in [6.07, 6.45) is 0.803. The minimum absolute atomic E-state index is 0.174. The van der Waals surface area contributed by atoms with Gasteiger partial charge >= 0.3 is 5.97 Å². The maximum absolute atomic E-state index is 10.8. The molecule has 1 heterocycles. The molecule has 0 atom stereocenters.